The summed E-state index contributed by atoms with van der Waals surface area (Å²) >= 11 is 0. The summed E-state index contributed by atoms with van der Waals surface area (Å²) in [4.78, 5) is 38.5. The Morgan fingerprint density at radius 2 is 1.96 bits per heavy atom. The summed E-state index contributed by atoms with van der Waals surface area (Å²) in [6.45, 7) is 2.67. The fraction of sp³-hybridized carbons (Fsp3) is 0.286. The number of carbonyl (C=O) groups is 1. The first-order valence-corrected chi connectivity index (χ1v) is 9.11. The molecular formula is C21H23N3O4. The Labute approximate surface area is 162 Å². The average molecular weight is 381 g/mol. The highest BCUT2D eigenvalue weighted by molar-refractivity contribution is 5.78. The zero-order valence-corrected chi connectivity index (χ0v) is 16.0. The third-order valence-corrected chi connectivity index (χ3v) is 4.62. The van der Waals surface area contributed by atoms with E-state index >= 15 is 0 Å². The van der Waals surface area contributed by atoms with Crippen LogP contribution >= 0.6 is 0 Å². The summed E-state index contributed by atoms with van der Waals surface area (Å²) in [5, 5.41) is 3.29. The van der Waals surface area contributed by atoms with E-state index < -0.39 is 11.2 Å². The number of hydrogen-bond acceptors (Lipinski definition) is 4. The second-order valence-electron chi connectivity index (χ2n) is 6.59. The maximum absolute atomic E-state index is 12.2. The number of fused-ring (bicyclic) bond motifs is 1. The fourth-order valence-electron chi connectivity index (χ4n) is 3.21. The molecule has 0 spiro atoms. The normalized spacial score (nSPS) is 10.8. The van der Waals surface area contributed by atoms with Crippen molar-refractivity contribution < 1.29 is 9.53 Å². The molecule has 0 aliphatic rings. The topological polar surface area (TPSA) is 93.2 Å². The molecule has 0 bridgehead atoms. The van der Waals surface area contributed by atoms with Gasteiger partial charge >= 0.3 is 5.69 Å². The van der Waals surface area contributed by atoms with E-state index in [-0.39, 0.29) is 18.9 Å². The number of rotatable bonds is 7. The zero-order chi connectivity index (χ0) is 20.1. The van der Waals surface area contributed by atoms with E-state index in [2.05, 4.69) is 10.3 Å². The minimum atomic E-state index is -0.513. The SMILES string of the molecule is COc1ccc(C)cc1CCNC(=O)CCn1c(=O)[nH]c(=O)c2ccccc21. The molecule has 3 aromatic rings. The second-order valence-corrected chi connectivity index (χ2v) is 6.59. The molecule has 28 heavy (non-hydrogen) atoms. The van der Waals surface area contributed by atoms with Gasteiger partial charge in [-0.1, -0.05) is 29.8 Å². The Kier molecular flexibility index (Phi) is 5.93. The summed E-state index contributed by atoms with van der Waals surface area (Å²) in [6.07, 6.45) is 0.791. The highest BCUT2D eigenvalue weighted by Crippen LogP contribution is 2.19. The van der Waals surface area contributed by atoms with Crippen molar-refractivity contribution in [2.45, 2.75) is 26.3 Å². The number of aromatic amines is 1. The van der Waals surface area contributed by atoms with Crippen LogP contribution in [0.2, 0.25) is 0 Å². The van der Waals surface area contributed by atoms with Crippen LogP contribution in [-0.4, -0.2) is 29.1 Å². The molecular weight excluding hydrogens is 358 g/mol. The first kappa shape index (κ1) is 19.4. The predicted octanol–water partition coefficient (Wildman–Crippen LogP) is 1.76. The third kappa shape index (κ3) is 4.31. The van der Waals surface area contributed by atoms with Gasteiger partial charge in [0.25, 0.3) is 5.56 Å². The number of amides is 1. The predicted molar refractivity (Wildman–Crippen MR) is 108 cm³/mol. The molecule has 0 saturated heterocycles. The van der Waals surface area contributed by atoms with Gasteiger partial charge in [-0.25, -0.2) is 4.79 Å². The zero-order valence-electron chi connectivity index (χ0n) is 16.0. The molecule has 0 saturated carbocycles. The van der Waals surface area contributed by atoms with Crippen molar-refractivity contribution >= 4 is 16.8 Å². The molecule has 1 heterocycles. The fourth-order valence-corrected chi connectivity index (χ4v) is 3.21. The number of hydrogen-bond donors (Lipinski definition) is 2. The molecule has 2 aromatic carbocycles. The standard InChI is InChI=1S/C21H23N3O4/c1-14-7-8-18(28-2)15(13-14)9-11-22-19(25)10-12-24-17-6-4-3-5-16(17)20(26)23-21(24)27/h3-8,13H,9-12H2,1-2H3,(H,22,25)(H,23,26,27). The summed E-state index contributed by atoms with van der Waals surface area (Å²) in [7, 11) is 1.62. The van der Waals surface area contributed by atoms with E-state index in [0.29, 0.717) is 23.9 Å². The lowest BCUT2D eigenvalue weighted by Gasteiger charge is -2.11. The number of nitrogens with zero attached hydrogens (tertiary/aromatic N) is 1. The number of aryl methyl sites for hydroxylation is 2. The van der Waals surface area contributed by atoms with Crippen LogP contribution in [0.4, 0.5) is 0 Å². The first-order chi connectivity index (χ1) is 13.5. The number of ether oxygens (including phenoxy) is 1. The van der Waals surface area contributed by atoms with Gasteiger partial charge in [0.1, 0.15) is 5.75 Å². The van der Waals surface area contributed by atoms with Crippen LogP contribution in [0, 0.1) is 6.92 Å². The summed E-state index contributed by atoms with van der Waals surface area (Å²) in [5.74, 6) is 0.639. The Hall–Kier alpha value is -3.35. The Bertz CT molecular complexity index is 1110. The van der Waals surface area contributed by atoms with Crippen molar-refractivity contribution in [3.05, 3.63) is 74.4 Å². The molecule has 0 aliphatic carbocycles. The monoisotopic (exact) mass is 381 g/mol. The minimum Gasteiger partial charge on any atom is -0.496 e. The van der Waals surface area contributed by atoms with Gasteiger partial charge in [-0.2, -0.15) is 0 Å². The third-order valence-electron chi connectivity index (χ3n) is 4.62. The molecule has 0 atom stereocenters. The van der Waals surface area contributed by atoms with Gasteiger partial charge in [0, 0.05) is 19.5 Å². The van der Waals surface area contributed by atoms with Crippen LogP contribution < -0.4 is 21.3 Å². The number of methoxy groups -OCH3 is 1. The molecule has 7 heteroatoms. The quantitative estimate of drug-likeness (QED) is 0.652. The van der Waals surface area contributed by atoms with Gasteiger partial charge in [0.05, 0.1) is 18.0 Å². The minimum absolute atomic E-state index is 0.140. The molecule has 0 fully saturated rings. The molecule has 1 aromatic heterocycles. The van der Waals surface area contributed by atoms with Gasteiger partial charge in [0.2, 0.25) is 5.91 Å². The smallest absolute Gasteiger partial charge is 0.328 e. The van der Waals surface area contributed by atoms with Crippen LogP contribution in [-0.2, 0) is 17.8 Å². The number of nitrogens with one attached hydrogen (secondary N) is 2. The maximum atomic E-state index is 12.2. The number of H-pyrrole nitrogens is 1. The van der Waals surface area contributed by atoms with Crippen molar-refractivity contribution in [1.82, 2.24) is 14.9 Å². The van der Waals surface area contributed by atoms with Crippen LogP contribution in [0.15, 0.2) is 52.1 Å². The van der Waals surface area contributed by atoms with Crippen molar-refractivity contribution in [1.29, 1.82) is 0 Å². The number of benzene rings is 2. The first-order valence-electron chi connectivity index (χ1n) is 9.11. The van der Waals surface area contributed by atoms with Crippen LogP contribution in [0.5, 0.6) is 5.75 Å². The largest absolute Gasteiger partial charge is 0.496 e. The molecule has 7 nitrogen and oxygen atoms in total. The van der Waals surface area contributed by atoms with Gasteiger partial charge in [-0.3, -0.25) is 19.1 Å². The van der Waals surface area contributed by atoms with Gasteiger partial charge < -0.3 is 10.1 Å². The number of carbonyl (C=O) groups excluding carboxylic acids is 1. The summed E-state index contributed by atoms with van der Waals surface area (Å²) < 4.78 is 6.76. The lowest BCUT2D eigenvalue weighted by atomic mass is 10.1. The molecule has 1 amide bonds. The van der Waals surface area contributed by atoms with E-state index in [1.54, 1.807) is 31.4 Å². The molecule has 3 rings (SSSR count). The molecule has 2 N–H and O–H groups in total. The van der Waals surface area contributed by atoms with Crippen LogP contribution in [0.1, 0.15) is 17.5 Å². The van der Waals surface area contributed by atoms with E-state index in [1.165, 1.54) is 4.57 Å². The van der Waals surface area contributed by atoms with Crippen LogP contribution in [0.3, 0.4) is 0 Å². The van der Waals surface area contributed by atoms with Gasteiger partial charge in [0.15, 0.2) is 0 Å². The van der Waals surface area contributed by atoms with Crippen molar-refractivity contribution in [2.75, 3.05) is 13.7 Å². The highest BCUT2D eigenvalue weighted by atomic mass is 16.5. The maximum Gasteiger partial charge on any atom is 0.328 e. The number of para-hydroxylation sites is 1. The lowest BCUT2D eigenvalue weighted by molar-refractivity contribution is -0.121. The van der Waals surface area contributed by atoms with Gasteiger partial charge in [-0.15, -0.1) is 0 Å². The van der Waals surface area contributed by atoms with Crippen molar-refractivity contribution in [3.63, 3.8) is 0 Å². The van der Waals surface area contributed by atoms with Crippen molar-refractivity contribution in [3.8, 4) is 5.75 Å². The lowest BCUT2D eigenvalue weighted by Crippen LogP contribution is -2.33. The Morgan fingerprint density at radius 3 is 2.75 bits per heavy atom. The summed E-state index contributed by atoms with van der Waals surface area (Å²) in [5.41, 5.74) is 1.75. The highest BCUT2D eigenvalue weighted by Gasteiger charge is 2.09. The van der Waals surface area contributed by atoms with E-state index in [0.717, 1.165) is 16.9 Å². The van der Waals surface area contributed by atoms with E-state index in [4.69, 9.17) is 4.74 Å². The summed E-state index contributed by atoms with van der Waals surface area (Å²) in [6, 6.07) is 12.8. The van der Waals surface area contributed by atoms with Gasteiger partial charge in [-0.05, 0) is 37.1 Å². The number of aromatic nitrogens is 2. The van der Waals surface area contributed by atoms with E-state index in [1.807, 2.05) is 25.1 Å². The molecule has 146 valence electrons. The Morgan fingerprint density at radius 1 is 1.18 bits per heavy atom. The molecule has 0 unspecified atom stereocenters. The second kappa shape index (κ2) is 8.56. The van der Waals surface area contributed by atoms with Crippen molar-refractivity contribution in [2.24, 2.45) is 0 Å². The van der Waals surface area contributed by atoms with Crippen LogP contribution in [0.25, 0.3) is 10.9 Å². The molecule has 0 radical (unpaired) electrons. The van der Waals surface area contributed by atoms with E-state index in [9.17, 15) is 14.4 Å². The molecule has 0 aliphatic heterocycles. The Balaban J connectivity index is 1.61. The average Bonchev–Trinajstić information content (AvgIpc) is 2.68.